The SMILES string of the molecule is C=C/C(CC=O)=C(\C=C/C)C(F)(F)F.CC.CC.CNCCC(C)(C)F. The molecule has 0 saturated carbocycles. The second kappa shape index (κ2) is 19.9. The standard InChI is InChI=1S/C10H11F3O.C6H14FN.2C2H6/c1-3-5-9(10(11,12)13)8(4-2)6-7-14;1-6(2,7)4-5-8-3;2*1-2/h3-5,7H,2,6H2,1H3;8H,4-5H2,1-3H3;2*1-2H3/b5-3-,9-8-;;;. The summed E-state index contributed by atoms with van der Waals surface area (Å²) in [6, 6.07) is 0. The van der Waals surface area contributed by atoms with Crippen LogP contribution in [0.2, 0.25) is 0 Å². The molecule has 0 aromatic heterocycles. The fraction of sp³-hybridized carbons (Fsp3) is 0.650. The number of rotatable bonds is 7. The molecule has 26 heavy (non-hydrogen) atoms. The summed E-state index contributed by atoms with van der Waals surface area (Å²) in [5.41, 5.74) is -1.93. The van der Waals surface area contributed by atoms with E-state index in [1.807, 2.05) is 34.7 Å². The molecule has 0 atom stereocenters. The largest absolute Gasteiger partial charge is 0.416 e. The molecule has 0 heterocycles. The van der Waals surface area contributed by atoms with E-state index in [2.05, 4.69) is 11.9 Å². The zero-order valence-corrected chi connectivity index (χ0v) is 17.6. The summed E-state index contributed by atoms with van der Waals surface area (Å²) in [5.74, 6) is 0. The summed E-state index contributed by atoms with van der Waals surface area (Å²) < 4.78 is 49.7. The molecule has 0 amide bonds. The fourth-order valence-corrected chi connectivity index (χ4v) is 1.37. The Hall–Kier alpha value is -1.43. The second-order valence-electron chi connectivity index (χ2n) is 5.08. The van der Waals surface area contributed by atoms with E-state index in [-0.39, 0.29) is 12.0 Å². The predicted octanol–water partition coefficient (Wildman–Crippen LogP) is 6.59. The van der Waals surface area contributed by atoms with Crippen LogP contribution in [-0.2, 0) is 4.79 Å². The summed E-state index contributed by atoms with van der Waals surface area (Å²) in [7, 11) is 1.83. The van der Waals surface area contributed by atoms with Crippen molar-refractivity contribution >= 4 is 6.29 Å². The first-order valence-corrected chi connectivity index (χ1v) is 8.86. The number of carbonyl (C=O) groups is 1. The molecule has 0 rings (SSSR count). The lowest BCUT2D eigenvalue weighted by atomic mass is 10.0. The molecule has 0 aromatic carbocycles. The zero-order chi connectivity index (χ0) is 21.8. The molecule has 0 aliphatic rings. The van der Waals surface area contributed by atoms with E-state index in [1.54, 1.807) is 13.8 Å². The first-order valence-electron chi connectivity index (χ1n) is 8.86. The van der Waals surface area contributed by atoms with E-state index >= 15 is 0 Å². The van der Waals surface area contributed by atoms with Crippen molar-refractivity contribution in [2.75, 3.05) is 13.6 Å². The van der Waals surface area contributed by atoms with Gasteiger partial charge in [-0.25, -0.2) is 4.39 Å². The first-order chi connectivity index (χ1) is 12.0. The Labute approximate surface area is 157 Å². The molecule has 0 unspecified atom stereocenters. The average molecular weight is 384 g/mol. The van der Waals surface area contributed by atoms with Crippen LogP contribution in [0.3, 0.4) is 0 Å². The number of hydrogen-bond donors (Lipinski definition) is 1. The van der Waals surface area contributed by atoms with Gasteiger partial charge in [0.15, 0.2) is 0 Å². The first kappa shape index (κ1) is 32.3. The van der Waals surface area contributed by atoms with Crippen LogP contribution in [0.5, 0.6) is 0 Å². The molecular weight excluding hydrogens is 346 g/mol. The van der Waals surface area contributed by atoms with Gasteiger partial charge in [0.25, 0.3) is 0 Å². The highest BCUT2D eigenvalue weighted by atomic mass is 19.4. The summed E-state index contributed by atoms with van der Waals surface area (Å²) in [6.07, 6.45) is -0.452. The van der Waals surface area contributed by atoms with Crippen LogP contribution in [0.25, 0.3) is 0 Å². The third-order valence-corrected chi connectivity index (χ3v) is 2.50. The van der Waals surface area contributed by atoms with Gasteiger partial charge in [-0.05, 0) is 46.4 Å². The van der Waals surface area contributed by atoms with Gasteiger partial charge in [-0.15, -0.1) is 0 Å². The minimum atomic E-state index is -4.45. The van der Waals surface area contributed by atoms with Crippen molar-refractivity contribution in [3.8, 4) is 0 Å². The molecule has 0 radical (unpaired) electrons. The van der Waals surface area contributed by atoms with Crippen molar-refractivity contribution in [3.05, 3.63) is 36.0 Å². The number of hydrogen-bond acceptors (Lipinski definition) is 2. The quantitative estimate of drug-likeness (QED) is 0.305. The van der Waals surface area contributed by atoms with Gasteiger partial charge < -0.3 is 10.1 Å². The minimum absolute atomic E-state index is 0.106. The summed E-state index contributed by atoms with van der Waals surface area (Å²) in [6.45, 7) is 16.7. The molecule has 0 bridgehead atoms. The van der Waals surface area contributed by atoms with E-state index in [4.69, 9.17) is 0 Å². The van der Waals surface area contributed by atoms with Crippen molar-refractivity contribution in [3.63, 3.8) is 0 Å². The highest BCUT2D eigenvalue weighted by Crippen LogP contribution is 2.30. The molecule has 1 N–H and O–H groups in total. The Morgan fingerprint density at radius 3 is 1.73 bits per heavy atom. The Morgan fingerprint density at radius 1 is 1.08 bits per heavy atom. The molecular formula is C20H37F4NO. The third-order valence-electron chi connectivity index (χ3n) is 2.50. The van der Waals surface area contributed by atoms with E-state index in [9.17, 15) is 22.4 Å². The average Bonchev–Trinajstić information content (AvgIpc) is 2.58. The summed E-state index contributed by atoms with van der Waals surface area (Å²) >= 11 is 0. The Balaban J connectivity index is -0.000000171. The second-order valence-corrected chi connectivity index (χ2v) is 5.08. The molecule has 156 valence electrons. The van der Waals surface area contributed by atoms with Crippen molar-refractivity contribution < 1.29 is 22.4 Å². The highest BCUT2D eigenvalue weighted by Gasteiger charge is 2.33. The molecule has 0 aliphatic heterocycles. The lowest BCUT2D eigenvalue weighted by Gasteiger charge is -2.11. The van der Waals surface area contributed by atoms with Crippen molar-refractivity contribution in [2.24, 2.45) is 0 Å². The number of allylic oxidation sites excluding steroid dienone is 5. The van der Waals surface area contributed by atoms with Gasteiger partial charge in [0.05, 0.1) is 5.57 Å². The normalized spacial score (nSPS) is 11.7. The van der Waals surface area contributed by atoms with Gasteiger partial charge in [0.1, 0.15) is 12.0 Å². The molecule has 0 aromatic rings. The van der Waals surface area contributed by atoms with Gasteiger partial charge >= 0.3 is 6.18 Å². The fourth-order valence-electron chi connectivity index (χ4n) is 1.37. The smallest absolute Gasteiger partial charge is 0.320 e. The topological polar surface area (TPSA) is 29.1 Å². The predicted molar refractivity (Wildman–Crippen MR) is 105 cm³/mol. The molecule has 2 nitrogen and oxygen atoms in total. The number of alkyl halides is 4. The maximum Gasteiger partial charge on any atom is 0.416 e. The number of aldehydes is 1. The van der Waals surface area contributed by atoms with E-state index in [1.165, 1.54) is 13.0 Å². The lowest BCUT2D eigenvalue weighted by Crippen LogP contribution is -2.20. The van der Waals surface area contributed by atoms with E-state index in [0.717, 1.165) is 18.7 Å². The minimum Gasteiger partial charge on any atom is -0.320 e. The molecule has 0 spiro atoms. The van der Waals surface area contributed by atoms with E-state index < -0.39 is 17.4 Å². The lowest BCUT2D eigenvalue weighted by molar-refractivity contribution is -0.107. The van der Waals surface area contributed by atoms with Crippen LogP contribution in [-0.4, -0.2) is 31.7 Å². The van der Waals surface area contributed by atoms with Crippen LogP contribution in [0.15, 0.2) is 36.0 Å². The van der Waals surface area contributed by atoms with Crippen LogP contribution >= 0.6 is 0 Å². The molecule has 0 fully saturated rings. The number of halogens is 4. The van der Waals surface area contributed by atoms with Gasteiger partial charge in [-0.2, -0.15) is 13.2 Å². The molecule has 6 heteroatoms. The Bertz CT molecular complexity index is 392. The summed E-state index contributed by atoms with van der Waals surface area (Å²) in [5, 5.41) is 2.88. The maximum absolute atomic E-state index is 12.5. The summed E-state index contributed by atoms with van der Waals surface area (Å²) in [4.78, 5) is 10.1. The van der Waals surface area contributed by atoms with Crippen LogP contribution in [0.4, 0.5) is 17.6 Å². The van der Waals surface area contributed by atoms with Gasteiger partial charge in [-0.3, -0.25) is 0 Å². The zero-order valence-electron chi connectivity index (χ0n) is 17.6. The Kier molecular flexibility index (Phi) is 24.7. The van der Waals surface area contributed by atoms with Crippen LogP contribution in [0.1, 0.15) is 61.3 Å². The van der Waals surface area contributed by atoms with Gasteiger partial charge in [-0.1, -0.05) is 52.5 Å². The molecule has 0 aliphatic carbocycles. The van der Waals surface area contributed by atoms with Crippen molar-refractivity contribution in [1.82, 2.24) is 5.32 Å². The molecule has 0 saturated heterocycles. The third kappa shape index (κ3) is 22.6. The number of nitrogens with one attached hydrogen (secondary N) is 1. The van der Waals surface area contributed by atoms with Crippen molar-refractivity contribution in [2.45, 2.75) is 73.2 Å². The van der Waals surface area contributed by atoms with E-state index in [0.29, 0.717) is 12.7 Å². The number of carbonyl (C=O) groups excluding carboxylic acids is 1. The monoisotopic (exact) mass is 383 g/mol. The van der Waals surface area contributed by atoms with Crippen LogP contribution < -0.4 is 5.32 Å². The van der Waals surface area contributed by atoms with Crippen molar-refractivity contribution in [1.29, 1.82) is 0 Å². The maximum atomic E-state index is 12.5. The van der Waals surface area contributed by atoms with Gasteiger partial charge in [0.2, 0.25) is 0 Å². The highest BCUT2D eigenvalue weighted by molar-refractivity contribution is 5.58. The Morgan fingerprint density at radius 2 is 1.54 bits per heavy atom. The van der Waals surface area contributed by atoms with Crippen LogP contribution in [0, 0.1) is 0 Å². The van der Waals surface area contributed by atoms with Gasteiger partial charge in [0, 0.05) is 6.42 Å².